The van der Waals surface area contributed by atoms with Gasteiger partial charge in [0.25, 0.3) is 5.91 Å². The van der Waals surface area contributed by atoms with Gasteiger partial charge in [-0.1, -0.05) is 0 Å². The van der Waals surface area contributed by atoms with E-state index < -0.39 is 0 Å². The summed E-state index contributed by atoms with van der Waals surface area (Å²) in [6, 6.07) is 5.49. The van der Waals surface area contributed by atoms with Crippen LogP contribution in [-0.4, -0.2) is 37.1 Å². The second kappa shape index (κ2) is 5.01. The largest absolute Gasteiger partial charge is 0.398 e. The van der Waals surface area contributed by atoms with Gasteiger partial charge in [0.1, 0.15) is 0 Å². The molecule has 1 amide bonds. The van der Waals surface area contributed by atoms with Crippen molar-refractivity contribution >= 4 is 34.2 Å². The number of benzene rings is 1. The first-order valence-electron chi connectivity index (χ1n) is 5.10. The van der Waals surface area contributed by atoms with Crippen molar-refractivity contribution in [1.29, 1.82) is 0 Å². The molecule has 0 atom stereocenters. The van der Waals surface area contributed by atoms with Crippen molar-refractivity contribution in [1.82, 2.24) is 4.90 Å². The third-order valence-electron chi connectivity index (χ3n) is 2.54. The molecule has 2 rings (SSSR count). The van der Waals surface area contributed by atoms with E-state index in [1.165, 1.54) is 0 Å². The number of morpholine rings is 1. The van der Waals surface area contributed by atoms with Crippen LogP contribution >= 0.6 is 22.6 Å². The van der Waals surface area contributed by atoms with E-state index in [1.807, 2.05) is 12.1 Å². The summed E-state index contributed by atoms with van der Waals surface area (Å²) >= 11 is 2.18. The summed E-state index contributed by atoms with van der Waals surface area (Å²) in [5, 5.41) is 0. The van der Waals surface area contributed by atoms with E-state index >= 15 is 0 Å². The van der Waals surface area contributed by atoms with Crippen LogP contribution in [0.4, 0.5) is 5.69 Å². The van der Waals surface area contributed by atoms with E-state index in [-0.39, 0.29) is 5.91 Å². The minimum absolute atomic E-state index is 0.00259. The maximum atomic E-state index is 12.1. The van der Waals surface area contributed by atoms with Gasteiger partial charge in [0.05, 0.1) is 18.8 Å². The molecule has 1 aliphatic rings. The molecule has 16 heavy (non-hydrogen) atoms. The highest BCUT2D eigenvalue weighted by molar-refractivity contribution is 14.1. The van der Waals surface area contributed by atoms with Gasteiger partial charge in [0.15, 0.2) is 0 Å². The topological polar surface area (TPSA) is 55.6 Å². The Labute approximate surface area is 108 Å². The Morgan fingerprint density at radius 2 is 2.06 bits per heavy atom. The van der Waals surface area contributed by atoms with Crippen LogP contribution < -0.4 is 5.73 Å². The number of rotatable bonds is 1. The van der Waals surface area contributed by atoms with Gasteiger partial charge in [-0.15, -0.1) is 0 Å². The first-order chi connectivity index (χ1) is 7.68. The van der Waals surface area contributed by atoms with Crippen LogP contribution in [0.25, 0.3) is 0 Å². The SMILES string of the molecule is Nc1cc(I)ccc1C(=O)N1CCOCC1. The molecule has 0 radical (unpaired) electrons. The summed E-state index contributed by atoms with van der Waals surface area (Å²) in [5.41, 5.74) is 6.98. The third-order valence-corrected chi connectivity index (χ3v) is 3.21. The first kappa shape index (κ1) is 11.7. The number of halogens is 1. The molecule has 0 aromatic heterocycles. The molecule has 1 fully saturated rings. The van der Waals surface area contributed by atoms with Gasteiger partial charge < -0.3 is 15.4 Å². The van der Waals surface area contributed by atoms with E-state index in [2.05, 4.69) is 22.6 Å². The Balaban J connectivity index is 2.19. The van der Waals surface area contributed by atoms with Crippen molar-refractivity contribution < 1.29 is 9.53 Å². The maximum absolute atomic E-state index is 12.1. The highest BCUT2D eigenvalue weighted by Gasteiger charge is 2.20. The van der Waals surface area contributed by atoms with Crippen molar-refractivity contribution in [3.63, 3.8) is 0 Å². The van der Waals surface area contributed by atoms with Crippen LogP contribution in [0.2, 0.25) is 0 Å². The van der Waals surface area contributed by atoms with Gasteiger partial charge in [0, 0.05) is 22.3 Å². The molecule has 0 unspecified atom stereocenters. The summed E-state index contributed by atoms with van der Waals surface area (Å²) in [7, 11) is 0. The number of hydrogen-bond acceptors (Lipinski definition) is 3. The number of hydrogen-bond donors (Lipinski definition) is 1. The van der Waals surface area contributed by atoms with Crippen LogP contribution in [0.5, 0.6) is 0 Å². The lowest BCUT2D eigenvalue weighted by Crippen LogP contribution is -2.40. The van der Waals surface area contributed by atoms with Crippen LogP contribution in [0.15, 0.2) is 18.2 Å². The summed E-state index contributed by atoms with van der Waals surface area (Å²) in [6.45, 7) is 2.50. The minimum atomic E-state index is -0.00259. The van der Waals surface area contributed by atoms with Gasteiger partial charge >= 0.3 is 0 Å². The second-order valence-electron chi connectivity index (χ2n) is 3.64. The highest BCUT2D eigenvalue weighted by Crippen LogP contribution is 2.18. The summed E-state index contributed by atoms with van der Waals surface area (Å²) in [5.74, 6) is -0.00259. The molecule has 0 spiro atoms. The number of amides is 1. The van der Waals surface area contributed by atoms with E-state index in [0.717, 1.165) is 3.57 Å². The number of carbonyl (C=O) groups excluding carboxylic acids is 1. The molecule has 0 saturated carbocycles. The second-order valence-corrected chi connectivity index (χ2v) is 4.88. The van der Waals surface area contributed by atoms with Crippen LogP contribution in [0.3, 0.4) is 0 Å². The fourth-order valence-electron chi connectivity index (χ4n) is 1.67. The van der Waals surface area contributed by atoms with E-state index in [4.69, 9.17) is 10.5 Å². The molecule has 1 saturated heterocycles. The fourth-order valence-corrected chi connectivity index (χ4v) is 2.18. The molecule has 1 aromatic carbocycles. The molecule has 1 heterocycles. The van der Waals surface area contributed by atoms with Crippen LogP contribution in [0, 0.1) is 3.57 Å². The molecule has 0 aliphatic carbocycles. The molecule has 1 aromatic rings. The average Bonchev–Trinajstić information content (AvgIpc) is 2.29. The van der Waals surface area contributed by atoms with Gasteiger partial charge in [-0.3, -0.25) is 4.79 Å². The predicted octanol–water partition coefficient (Wildman–Crippen LogP) is 1.35. The van der Waals surface area contributed by atoms with E-state index in [0.29, 0.717) is 37.6 Å². The number of ether oxygens (including phenoxy) is 1. The smallest absolute Gasteiger partial charge is 0.256 e. The zero-order chi connectivity index (χ0) is 11.5. The Kier molecular flexibility index (Phi) is 3.65. The molecule has 5 heteroatoms. The molecule has 1 aliphatic heterocycles. The number of anilines is 1. The normalized spacial score (nSPS) is 16.2. The Hall–Kier alpha value is -0.820. The Bertz CT molecular complexity index is 403. The highest BCUT2D eigenvalue weighted by atomic mass is 127. The summed E-state index contributed by atoms with van der Waals surface area (Å²) in [6.07, 6.45) is 0. The predicted molar refractivity (Wildman–Crippen MR) is 70.3 cm³/mol. The summed E-state index contributed by atoms with van der Waals surface area (Å²) in [4.78, 5) is 13.9. The minimum Gasteiger partial charge on any atom is -0.398 e. The zero-order valence-corrected chi connectivity index (χ0v) is 10.9. The monoisotopic (exact) mass is 332 g/mol. The number of carbonyl (C=O) groups is 1. The Morgan fingerprint density at radius 3 is 2.69 bits per heavy atom. The quantitative estimate of drug-likeness (QED) is 0.624. The van der Waals surface area contributed by atoms with E-state index in [1.54, 1.807) is 11.0 Å². The lowest BCUT2D eigenvalue weighted by atomic mass is 10.1. The summed E-state index contributed by atoms with van der Waals surface area (Å²) < 4.78 is 6.24. The van der Waals surface area contributed by atoms with Gasteiger partial charge in [-0.05, 0) is 40.8 Å². The van der Waals surface area contributed by atoms with Crippen LogP contribution in [0.1, 0.15) is 10.4 Å². The molecular weight excluding hydrogens is 319 g/mol. The maximum Gasteiger partial charge on any atom is 0.256 e. The number of nitrogen functional groups attached to an aromatic ring is 1. The standard InChI is InChI=1S/C11H13IN2O2/c12-8-1-2-9(10(13)7-8)11(15)14-3-5-16-6-4-14/h1-2,7H,3-6,13H2. The average molecular weight is 332 g/mol. The van der Waals surface area contributed by atoms with Gasteiger partial charge in [-0.25, -0.2) is 0 Å². The van der Waals surface area contributed by atoms with Gasteiger partial charge in [-0.2, -0.15) is 0 Å². The van der Waals surface area contributed by atoms with Gasteiger partial charge in [0.2, 0.25) is 0 Å². The lowest BCUT2D eigenvalue weighted by Gasteiger charge is -2.27. The molecular formula is C11H13IN2O2. The number of nitrogens with zero attached hydrogens (tertiary/aromatic N) is 1. The molecule has 2 N–H and O–H groups in total. The Morgan fingerprint density at radius 1 is 1.38 bits per heavy atom. The number of nitrogens with two attached hydrogens (primary N) is 1. The van der Waals surface area contributed by atoms with Crippen LogP contribution in [-0.2, 0) is 4.74 Å². The lowest BCUT2D eigenvalue weighted by molar-refractivity contribution is 0.0303. The van der Waals surface area contributed by atoms with E-state index in [9.17, 15) is 4.79 Å². The van der Waals surface area contributed by atoms with Crippen molar-refractivity contribution in [3.05, 3.63) is 27.3 Å². The fraction of sp³-hybridized carbons (Fsp3) is 0.364. The molecule has 0 bridgehead atoms. The zero-order valence-electron chi connectivity index (χ0n) is 8.78. The van der Waals surface area contributed by atoms with Crippen molar-refractivity contribution in [2.24, 2.45) is 0 Å². The first-order valence-corrected chi connectivity index (χ1v) is 6.18. The van der Waals surface area contributed by atoms with Crippen molar-refractivity contribution in [3.8, 4) is 0 Å². The van der Waals surface area contributed by atoms with Crippen molar-refractivity contribution in [2.75, 3.05) is 32.0 Å². The molecule has 4 nitrogen and oxygen atoms in total. The van der Waals surface area contributed by atoms with Crippen molar-refractivity contribution in [2.45, 2.75) is 0 Å². The molecule has 86 valence electrons. The third kappa shape index (κ3) is 2.46.